The molecule has 1 unspecified atom stereocenters. The van der Waals surface area contributed by atoms with Gasteiger partial charge in [0.1, 0.15) is 0 Å². The number of hydrogen-bond donors (Lipinski definition) is 0. The molecule has 0 spiro atoms. The zero-order valence-corrected chi connectivity index (χ0v) is 80.3. The molecule has 12 rings (SSSR count). The van der Waals surface area contributed by atoms with Crippen LogP contribution in [-0.2, 0) is 0 Å². The Hall–Kier alpha value is 1.10. The third-order valence-electron chi connectivity index (χ3n) is 29.5. The molecule has 0 aromatic heterocycles. The third-order valence-corrected chi connectivity index (χ3v) is 50.8. The van der Waals surface area contributed by atoms with E-state index in [4.69, 9.17) is 0 Å². The summed E-state index contributed by atoms with van der Waals surface area (Å²) >= 11 is 0. The number of hydrogen-bond acceptors (Lipinski definition) is 11. The van der Waals surface area contributed by atoms with Crippen LogP contribution in [0.5, 0.6) is 0 Å². The van der Waals surface area contributed by atoms with E-state index < -0.39 is 34.1 Å². The molecule has 1 atom stereocenters. The van der Waals surface area contributed by atoms with Gasteiger partial charge in [0, 0.05) is 0 Å². The van der Waals surface area contributed by atoms with E-state index in [0.29, 0.717) is 0 Å². The maximum Gasteiger partial charge on any atom is 1.00 e. The van der Waals surface area contributed by atoms with E-state index >= 15 is 0 Å². The molecule has 12 aliphatic rings. The van der Waals surface area contributed by atoms with Gasteiger partial charge in [-0.05, 0) is 302 Å². The molecule has 1 saturated carbocycles. The molecule has 0 radical (unpaired) electrons. The van der Waals surface area contributed by atoms with Gasteiger partial charge in [-0.15, -0.1) is 13.2 Å². The molecule has 0 amide bonds. The number of rotatable bonds is 24. The monoisotopic (exact) mass is 1600 g/mol. The molecular formula is C94H189Li2N11Si4. The molecule has 11 heterocycles. The van der Waals surface area contributed by atoms with Crippen LogP contribution in [-0.4, -0.2) is 228 Å². The molecule has 11 saturated heterocycles. The summed E-state index contributed by atoms with van der Waals surface area (Å²) in [5, 5.41) is 0. The van der Waals surface area contributed by atoms with E-state index in [-0.39, 0.29) is 45.1 Å². The van der Waals surface area contributed by atoms with Crippen LogP contribution in [0.1, 0.15) is 407 Å². The Morgan fingerprint density at radius 2 is 0.477 bits per heavy atom. The Morgan fingerprint density at radius 1 is 0.279 bits per heavy atom. The zero-order valence-electron chi connectivity index (χ0n) is 76.3. The van der Waals surface area contributed by atoms with Gasteiger partial charge in [0.15, 0.2) is 0 Å². The largest absolute Gasteiger partial charge is 1.00 e. The first kappa shape index (κ1) is 103. The predicted octanol–water partition coefficient (Wildman–Crippen LogP) is 18.3. The molecule has 11 nitrogen and oxygen atoms in total. The Labute approximate surface area is 723 Å². The van der Waals surface area contributed by atoms with E-state index in [1.54, 1.807) is 12.8 Å². The minimum Gasteiger partial charge on any atom is -0.358 e. The Balaban J connectivity index is 0.000000259. The fourth-order valence-corrected chi connectivity index (χ4v) is 47.2. The average Bonchev–Trinajstić information content (AvgIpc) is 1.75. The summed E-state index contributed by atoms with van der Waals surface area (Å²) in [5.74, 6) is 0. The van der Waals surface area contributed by atoms with Crippen LogP contribution in [0.3, 0.4) is 0 Å². The zero-order chi connectivity index (χ0) is 75.9. The van der Waals surface area contributed by atoms with Crippen molar-refractivity contribution in [2.24, 2.45) is 0 Å². The fourth-order valence-electron chi connectivity index (χ4n) is 23.6. The van der Waals surface area contributed by atoms with Crippen molar-refractivity contribution in [1.82, 2.24) is 50.2 Å². The van der Waals surface area contributed by atoms with E-state index in [1.165, 1.54) is 510 Å². The molecule has 0 bridgehead atoms. The summed E-state index contributed by atoms with van der Waals surface area (Å²) < 4.78 is 33.6. The van der Waals surface area contributed by atoms with Gasteiger partial charge in [-0.3, -0.25) is 41.1 Å². The second-order valence-corrected chi connectivity index (χ2v) is 52.8. The van der Waals surface area contributed by atoms with Crippen LogP contribution < -0.4 is 37.7 Å². The molecule has 11 aliphatic heterocycles. The van der Waals surface area contributed by atoms with Crippen LogP contribution >= 0.6 is 0 Å². The van der Waals surface area contributed by atoms with E-state index in [1.807, 2.05) is 0 Å². The quantitative estimate of drug-likeness (QED) is 0.0401. The standard InChI is InChI=1S/C27H54N2Si.C22H45N3Si.2C20H39N3Si.C4H9.CH3.2Li/c1-3-5-12-19-26(4-2)30(27-20-13-6-7-14-21-27,28-22-15-8-9-16-23-28)29-24-17-10-11-18-25-29;1-2-3-22-26(23-16-10-4-5-11-17-23,24-18-12-6-7-13-19-24)25-20-14-8-9-15-21-25;2*1-2-24(21-15-9-3-4-10-16-21,22-17-11-5-6-12-18-22)23-19-13-7-8-14-20-23;1-3-4-2;;;/h26-27H,3-25H2,1-2H3;2-22H2,1H3;2*2H,1,3-20H2;1,3-4H2,2H3;1H3;;/q;;;;2*-1;2*+1. The van der Waals surface area contributed by atoms with Crippen LogP contribution in [0.25, 0.3) is 0 Å². The normalized spacial score (nSPS) is 25.0. The number of unbranched alkanes of at least 4 members (excludes halogenated alkanes) is 4. The molecule has 111 heavy (non-hydrogen) atoms. The Bertz CT molecular complexity index is 1890. The summed E-state index contributed by atoms with van der Waals surface area (Å²) in [6.07, 6.45) is 84.7. The van der Waals surface area contributed by atoms with Crippen LogP contribution in [0, 0.1) is 14.4 Å². The van der Waals surface area contributed by atoms with E-state index in [2.05, 4.69) is 109 Å². The van der Waals surface area contributed by atoms with Crippen molar-refractivity contribution in [3.8, 4) is 0 Å². The first-order valence-electron chi connectivity index (χ1n) is 49.7. The molecule has 638 valence electrons. The van der Waals surface area contributed by atoms with Crippen LogP contribution in [0.4, 0.5) is 0 Å². The topological polar surface area (TPSA) is 35.6 Å². The van der Waals surface area contributed by atoms with E-state index in [0.717, 1.165) is 17.5 Å². The maximum absolute atomic E-state index is 4.49. The Kier molecular flexibility index (Phi) is 56.8. The summed E-state index contributed by atoms with van der Waals surface area (Å²) in [6.45, 7) is 51.9. The molecule has 0 N–H and O–H groups in total. The van der Waals surface area contributed by atoms with Gasteiger partial charge >= 0.3 is 54.8 Å². The molecular weight excluding hydrogens is 1410 g/mol. The van der Waals surface area contributed by atoms with Crippen molar-refractivity contribution in [2.75, 3.05) is 144 Å². The Morgan fingerprint density at radius 3 is 0.667 bits per heavy atom. The van der Waals surface area contributed by atoms with Gasteiger partial charge < -0.3 is 23.5 Å². The second kappa shape index (κ2) is 61.4. The molecule has 0 aromatic carbocycles. The average molecular weight is 1600 g/mol. The van der Waals surface area contributed by atoms with Crippen molar-refractivity contribution in [1.29, 1.82) is 0 Å². The van der Waals surface area contributed by atoms with Gasteiger partial charge in [-0.1, -0.05) is 270 Å². The minimum atomic E-state index is -1.90. The first-order valence-corrected chi connectivity index (χ1v) is 57.6. The van der Waals surface area contributed by atoms with Crippen molar-refractivity contribution < 1.29 is 37.7 Å². The van der Waals surface area contributed by atoms with Gasteiger partial charge in [-0.2, -0.15) is 6.42 Å². The molecule has 17 heteroatoms. The summed E-state index contributed by atoms with van der Waals surface area (Å²) in [4.78, 5) is 0. The smallest absolute Gasteiger partial charge is 0.358 e. The first-order chi connectivity index (χ1) is 53.4. The molecule has 0 aromatic rings. The summed E-state index contributed by atoms with van der Waals surface area (Å²) in [7, 11) is -7.21. The van der Waals surface area contributed by atoms with Crippen molar-refractivity contribution in [2.45, 2.75) is 424 Å². The second-order valence-electron chi connectivity index (χ2n) is 37.0. The van der Waals surface area contributed by atoms with Crippen LogP contribution in [0.15, 0.2) is 24.6 Å². The van der Waals surface area contributed by atoms with Crippen molar-refractivity contribution >= 4 is 34.1 Å². The third kappa shape index (κ3) is 31.1. The van der Waals surface area contributed by atoms with E-state index in [9.17, 15) is 0 Å². The van der Waals surface area contributed by atoms with Gasteiger partial charge in [0.05, 0.1) is 0 Å². The summed E-state index contributed by atoms with van der Waals surface area (Å²) in [6, 6.07) is 1.50. The van der Waals surface area contributed by atoms with Crippen molar-refractivity contribution in [3.63, 3.8) is 0 Å². The van der Waals surface area contributed by atoms with Crippen molar-refractivity contribution in [3.05, 3.63) is 38.9 Å². The number of nitrogens with zero attached hydrogens (tertiary/aromatic N) is 11. The fraction of sp³-hybridized carbons (Fsp3) is 0.936. The SMILES string of the molecule is C=C[Si](N1CCCCCC1)(N1CCCCCC1)N1CCCCCC1.C=C[Si](N1CCCCCC1)(N1CCCCCC1)N1CCCCCC1.CCCCCC(CC)[Si](C1CCCCCC1)(N1CCCCCC1)N1CCCCCC1.CCCC[Si](N1CCCCCC1)(N1CCCCCC1)N1CCCCCC1.[CH2-]CCC.[CH3-].[Li+].[Li+]. The molecule has 1 aliphatic carbocycles. The van der Waals surface area contributed by atoms with Gasteiger partial charge in [0.25, 0.3) is 8.56 Å². The predicted molar refractivity (Wildman–Crippen MR) is 490 cm³/mol. The molecule has 12 fully saturated rings. The minimum absolute atomic E-state index is 0. The maximum atomic E-state index is 4.49. The van der Waals surface area contributed by atoms with Crippen LogP contribution in [0.2, 0.25) is 17.1 Å². The van der Waals surface area contributed by atoms with Gasteiger partial charge in [-0.25, -0.2) is 0 Å². The van der Waals surface area contributed by atoms with Gasteiger partial charge in [0.2, 0.25) is 8.40 Å². The summed E-state index contributed by atoms with van der Waals surface area (Å²) in [5.41, 5.74) is 6.98.